The topological polar surface area (TPSA) is 96.0 Å². The molecule has 1 atom stereocenters. The van der Waals surface area contributed by atoms with Crippen LogP contribution in [0.3, 0.4) is 0 Å². The summed E-state index contributed by atoms with van der Waals surface area (Å²) in [5, 5.41) is 3.05. The predicted molar refractivity (Wildman–Crippen MR) is 144 cm³/mol. The summed E-state index contributed by atoms with van der Waals surface area (Å²) in [4.78, 5) is 27.3. The number of methoxy groups -OCH3 is 1. The van der Waals surface area contributed by atoms with Gasteiger partial charge in [0.2, 0.25) is 11.8 Å². The number of amides is 2. The molecular formula is C26H26Cl2FN3O5S. The molecule has 0 aliphatic heterocycles. The summed E-state index contributed by atoms with van der Waals surface area (Å²) in [6.45, 7) is 0.650. The van der Waals surface area contributed by atoms with E-state index in [4.69, 9.17) is 27.9 Å². The molecule has 8 nitrogen and oxygen atoms in total. The van der Waals surface area contributed by atoms with E-state index >= 15 is 0 Å². The fourth-order valence-electron chi connectivity index (χ4n) is 3.66. The molecule has 0 saturated carbocycles. The van der Waals surface area contributed by atoms with Crippen molar-refractivity contribution in [1.82, 2.24) is 10.2 Å². The number of benzene rings is 3. The average Bonchev–Trinajstić information content (AvgIpc) is 2.91. The number of carbonyl (C=O) groups is 2. The fraction of sp³-hybridized carbons (Fsp3) is 0.231. The molecule has 0 saturated heterocycles. The molecular weight excluding hydrogens is 556 g/mol. The highest BCUT2D eigenvalue weighted by Gasteiger charge is 2.33. The Labute approximate surface area is 231 Å². The maximum Gasteiger partial charge on any atom is 0.264 e. The molecule has 1 N–H and O–H groups in total. The zero-order valence-corrected chi connectivity index (χ0v) is 23.1. The fourth-order valence-corrected chi connectivity index (χ4v) is 5.59. The third kappa shape index (κ3) is 6.56. The first-order chi connectivity index (χ1) is 18.0. The van der Waals surface area contributed by atoms with Gasteiger partial charge in [0, 0.05) is 29.2 Å². The van der Waals surface area contributed by atoms with Gasteiger partial charge in [-0.25, -0.2) is 12.8 Å². The molecule has 0 aliphatic rings. The Bertz CT molecular complexity index is 1380. The van der Waals surface area contributed by atoms with Crippen LogP contribution in [0.1, 0.15) is 12.5 Å². The van der Waals surface area contributed by atoms with Gasteiger partial charge in [-0.15, -0.1) is 0 Å². The standard InChI is InChI=1S/C26H26Cl2FN3O5S/c1-17(26(34)30-2)31(15-22-23(27)5-4-6-24(22)28)25(33)16-32(19-9-7-18(29)8-10-19)38(35,36)21-13-11-20(37-3)12-14-21/h4-14,17H,15-16H2,1-3H3,(H,30,34). The molecule has 0 aliphatic carbocycles. The summed E-state index contributed by atoms with van der Waals surface area (Å²) in [6.07, 6.45) is 0. The molecule has 2 amide bonds. The summed E-state index contributed by atoms with van der Waals surface area (Å²) in [6, 6.07) is 14.1. The number of sulfonamides is 1. The molecule has 202 valence electrons. The minimum atomic E-state index is -4.31. The van der Waals surface area contributed by atoms with E-state index in [1.54, 1.807) is 18.2 Å². The molecule has 0 aromatic heterocycles. The highest BCUT2D eigenvalue weighted by atomic mass is 35.5. The average molecular weight is 582 g/mol. The highest BCUT2D eigenvalue weighted by molar-refractivity contribution is 7.92. The lowest BCUT2D eigenvalue weighted by molar-refractivity contribution is -0.139. The summed E-state index contributed by atoms with van der Waals surface area (Å²) in [5.41, 5.74) is 0.449. The Morgan fingerprint density at radius 3 is 2.11 bits per heavy atom. The van der Waals surface area contributed by atoms with Gasteiger partial charge in [0.1, 0.15) is 24.2 Å². The number of nitrogens with zero attached hydrogens (tertiary/aromatic N) is 2. The van der Waals surface area contributed by atoms with Gasteiger partial charge >= 0.3 is 0 Å². The van der Waals surface area contributed by atoms with Crippen LogP contribution in [0.25, 0.3) is 0 Å². The summed E-state index contributed by atoms with van der Waals surface area (Å²) < 4.78 is 47.0. The van der Waals surface area contributed by atoms with Crippen LogP contribution in [0.4, 0.5) is 10.1 Å². The second kappa shape index (κ2) is 12.5. The number of ether oxygens (including phenoxy) is 1. The van der Waals surface area contributed by atoms with Gasteiger partial charge in [-0.1, -0.05) is 29.3 Å². The Morgan fingerprint density at radius 2 is 1.58 bits per heavy atom. The maximum atomic E-state index is 13.7. The molecule has 0 fully saturated rings. The smallest absolute Gasteiger partial charge is 0.264 e. The third-order valence-electron chi connectivity index (χ3n) is 5.84. The zero-order chi connectivity index (χ0) is 28.0. The minimum absolute atomic E-state index is 0.0545. The largest absolute Gasteiger partial charge is 0.497 e. The molecule has 3 rings (SSSR count). The Kier molecular flexibility index (Phi) is 9.59. The van der Waals surface area contributed by atoms with Gasteiger partial charge in [0.15, 0.2) is 0 Å². The molecule has 3 aromatic carbocycles. The normalized spacial score (nSPS) is 11.9. The van der Waals surface area contributed by atoms with Gasteiger partial charge in [-0.2, -0.15) is 0 Å². The van der Waals surface area contributed by atoms with E-state index in [0.717, 1.165) is 16.4 Å². The van der Waals surface area contributed by atoms with Crippen LogP contribution in [0, 0.1) is 5.82 Å². The van der Waals surface area contributed by atoms with Gasteiger partial charge in [0.25, 0.3) is 10.0 Å². The van der Waals surface area contributed by atoms with Crippen molar-refractivity contribution < 1.29 is 27.1 Å². The minimum Gasteiger partial charge on any atom is -0.497 e. The highest BCUT2D eigenvalue weighted by Crippen LogP contribution is 2.29. The van der Waals surface area contributed by atoms with Crippen molar-refractivity contribution in [2.75, 3.05) is 25.0 Å². The number of hydrogen-bond acceptors (Lipinski definition) is 5. The van der Waals surface area contributed by atoms with Crippen molar-refractivity contribution >= 4 is 50.7 Å². The maximum absolute atomic E-state index is 13.7. The molecule has 38 heavy (non-hydrogen) atoms. The van der Waals surface area contributed by atoms with E-state index in [9.17, 15) is 22.4 Å². The molecule has 12 heteroatoms. The number of rotatable bonds is 10. The lowest BCUT2D eigenvalue weighted by atomic mass is 10.1. The second-order valence-corrected chi connectivity index (χ2v) is 10.9. The van der Waals surface area contributed by atoms with E-state index in [2.05, 4.69) is 5.32 Å². The first-order valence-electron chi connectivity index (χ1n) is 11.4. The summed E-state index contributed by atoms with van der Waals surface area (Å²) in [5.74, 6) is -1.33. The van der Waals surface area contributed by atoms with Crippen LogP contribution in [-0.4, -0.2) is 51.9 Å². The van der Waals surface area contributed by atoms with Gasteiger partial charge in [-0.05, 0) is 67.6 Å². The summed E-state index contributed by atoms with van der Waals surface area (Å²) >= 11 is 12.6. The van der Waals surface area contributed by atoms with Crippen LogP contribution in [0.2, 0.25) is 10.0 Å². The van der Waals surface area contributed by atoms with Crippen LogP contribution < -0.4 is 14.4 Å². The second-order valence-electron chi connectivity index (χ2n) is 8.18. The first-order valence-corrected chi connectivity index (χ1v) is 13.6. The number of halogens is 3. The number of anilines is 1. The van der Waals surface area contributed by atoms with Crippen LogP contribution in [0.5, 0.6) is 5.75 Å². The van der Waals surface area contributed by atoms with Crippen LogP contribution in [-0.2, 0) is 26.2 Å². The van der Waals surface area contributed by atoms with E-state index in [1.807, 2.05) is 0 Å². The van der Waals surface area contributed by atoms with E-state index in [-0.39, 0.29) is 27.2 Å². The SMILES string of the molecule is CNC(=O)C(C)N(Cc1c(Cl)cccc1Cl)C(=O)CN(c1ccc(F)cc1)S(=O)(=O)c1ccc(OC)cc1. The third-order valence-corrected chi connectivity index (χ3v) is 8.34. The van der Waals surface area contributed by atoms with Crippen LogP contribution >= 0.6 is 23.2 Å². The number of likely N-dealkylation sites (N-methyl/N-ethyl adjacent to an activating group) is 1. The predicted octanol–water partition coefficient (Wildman–Crippen LogP) is 4.50. The van der Waals surface area contributed by atoms with E-state index < -0.39 is 40.2 Å². The van der Waals surface area contributed by atoms with Crippen LogP contribution in [0.15, 0.2) is 71.6 Å². The molecule has 0 radical (unpaired) electrons. The lowest BCUT2D eigenvalue weighted by Gasteiger charge is -2.32. The van der Waals surface area contributed by atoms with Gasteiger partial charge < -0.3 is 15.0 Å². The van der Waals surface area contributed by atoms with Crippen molar-refractivity contribution in [3.63, 3.8) is 0 Å². The van der Waals surface area contributed by atoms with Crippen molar-refractivity contribution in [2.45, 2.75) is 24.4 Å². The monoisotopic (exact) mass is 581 g/mol. The van der Waals surface area contributed by atoms with Crippen molar-refractivity contribution in [1.29, 1.82) is 0 Å². The number of nitrogens with one attached hydrogen (secondary N) is 1. The van der Waals surface area contributed by atoms with Gasteiger partial charge in [-0.3, -0.25) is 13.9 Å². The van der Waals surface area contributed by atoms with E-state index in [0.29, 0.717) is 11.3 Å². The Balaban J connectivity index is 2.06. The van der Waals surface area contributed by atoms with Crippen molar-refractivity contribution in [3.05, 3.63) is 88.2 Å². The Morgan fingerprint density at radius 1 is 1.00 bits per heavy atom. The number of carbonyl (C=O) groups excluding carboxylic acids is 2. The summed E-state index contributed by atoms with van der Waals surface area (Å²) in [7, 11) is -1.44. The molecule has 0 heterocycles. The van der Waals surface area contributed by atoms with E-state index in [1.165, 1.54) is 62.4 Å². The van der Waals surface area contributed by atoms with Gasteiger partial charge in [0.05, 0.1) is 17.7 Å². The molecule has 0 spiro atoms. The zero-order valence-electron chi connectivity index (χ0n) is 20.8. The van der Waals surface area contributed by atoms with Crippen molar-refractivity contribution in [3.8, 4) is 5.75 Å². The lowest BCUT2D eigenvalue weighted by Crippen LogP contribution is -2.50. The number of hydrogen-bond donors (Lipinski definition) is 1. The first kappa shape index (κ1) is 29.2. The molecule has 0 bridgehead atoms. The molecule has 3 aromatic rings. The Hall–Kier alpha value is -3.34. The molecule has 1 unspecified atom stereocenters. The van der Waals surface area contributed by atoms with Crippen molar-refractivity contribution in [2.24, 2.45) is 0 Å². The quantitative estimate of drug-likeness (QED) is 0.380.